The Balaban J connectivity index is 1.46. The fraction of sp³-hybridized carbons (Fsp3) is 0.294. The minimum Gasteiger partial charge on any atom is -0.454 e. The summed E-state index contributed by atoms with van der Waals surface area (Å²) in [6, 6.07) is 9.66. The van der Waals surface area contributed by atoms with Gasteiger partial charge in [-0.3, -0.25) is 4.79 Å². The van der Waals surface area contributed by atoms with E-state index in [1.807, 2.05) is 24.3 Å². The quantitative estimate of drug-likeness (QED) is 0.938. The van der Waals surface area contributed by atoms with E-state index in [1.165, 1.54) is 16.9 Å². The van der Waals surface area contributed by atoms with Crippen LogP contribution in [-0.4, -0.2) is 19.2 Å². The first-order chi connectivity index (χ1) is 11.2. The molecule has 1 N–H and O–H groups in total. The lowest BCUT2D eigenvalue weighted by molar-refractivity contribution is 0.0953. The van der Waals surface area contributed by atoms with Crippen LogP contribution in [0, 0.1) is 11.3 Å². The monoisotopic (exact) mass is 326 g/mol. The van der Waals surface area contributed by atoms with Gasteiger partial charge in [0.25, 0.3) is 5.91 Å². The second kappa shape index (κ2) is 5.28. The van der Waals surface area contributed by atoms with Gasteiger partial charge in [0.05, 0.1) is 10.4 Å². The molecular weight excluding hydrogens is 312 g/mol. The summed E-state index contributed by atoms with van der Waals surface area (Å²) in [5.41, 5.74) is 1.69. The SMILES string of the molecule is N#Cc1csc(C(=O)NCC2(c3ccc4c(c3)OCO4)CC2)c1. The van der Waals surface area contributed by atoms with Gasteiger partial charge in [-0.1, -0.05) is 6.07 Å². The summed E-state index contributed by atoms with van der Waals surface area (Å²) in [5, 5.41) is 13.5. The van der Waals surface area contributed by atoms with Crippen LogP contribution in [0.3, 0.4) is 0 Å². The first kappa shape index (κ1) is 14.1. The first-order valence-corrected chi connectivity index (χ1v) is 8.25. The Bertz CT molecular complexity index is 817. The van der Waals surface area contributed by atoms with E-state index in [0.29, 0.717) is 17.0 Å². The van der Waals surface area contributed by atoms with Crippen molar-refractivity contribution in [2.24, 2.45) is 0 Å². The van der Waals surface area contributed by atoms with E-state index in [1.54, 1.807) is 11.4 Å². The van der Waals surface area contributed by atoms with Crippen molar-refractivity contribution in [3.8, 4) is 17.6 Å². The summed E-state index contributed by atoms with van der Waals surface area (Å²) < 4.78 is 10.8. The number of rotatable bonds is 4. The Morgan fingerprint density at radius 1 is 1.30 bits per heavy atom. The second-order valence-electron chi connectivity index (χ2n) is 5.84. The fourth-order valence-electron chi connectivity index (χ4n) is 2.80. The standard InChI is InChI=1S/C17H14N2O3S/c18-7-11-5-15(23-8-11)16(20)19-9-17(3-4-17)12-1-2-13-14(6-12)22-10-21-13/h1-2,5-6,8H,3-4,9-10H2,(H,19,20). The normalized spacial score (nSPS) is 16.7. The average molecular weight is 326 g/mol. The number of hydrogen-bond donors (Lipinski definition) is 1. The molecular formula is C17H14N2O3S. The van der Waals surface area contributed by atoms with Crippen LogP contribution >= 0.6 is 11.3 Å². The van der Waals surface area contributed by atoms with Crippen LogP contribution in [-0.2, 0) is 5.41 Å². The molecule has 4 rings (SSSR count). The Labute approximate surface area is 137 Å². The number of nitrogens with zero attached hydrogens (tertiary/aromatic N) is 1. The number of hydrogen-bond acceptors (Lipinski definition) is 5. The van der Waals surface area contributed by atoms with E-state index >= 15 is 0 Å². The second-order valence-corrected chi connectivity index (χ2v) is 6.75. The van der Waals surface area contributed by atoms with Crippen molar-refractivity contribution in [1.29, 1.82) is 5.26 Å². The number of carbonyl (C=O) groups is 1. The van der Waals surface area contributed by atoms with Crippen LogP contribution in [0.2, 0.25) is 0 Å². The number of carbonyl (C=O) groups excluding carboxylic acids is 1. The number of fused-ring (bicyclic) bond motifs is 1. The first-order valence-electron chi connectivity index (χ1n) is 7.37. The summed E-state index contributed by atoms with van der Waals surface area (Å²) in [4.78, 5) is 12.8. The molecule has 1 amide bonds. The molecule has 1 aliphatic heterocycles. The molecule has 23 heavy (non-hydrogen) atoms. The number of thiophene rings is 1. The van der Waals surface area contributed by atoms with E-state index in [-0.39, 0.29) is 18.1 Å². The number of nitriles is 1. The van der Waals surface area contributed by atoms with Crippen molar-refractivity contribution in [1.82, 2.24) is 5.32 Å². The highest BCUT2D eigenvalue weighted by Crippen LogP contribution is 2.49. The zero-order chi connectivity index (χ0) is 15.9. The van der Waals surface area contributed by atoms with Crippen LogP contribution in [0.15, 0.2) is 29.6 Å². The smallest absolute Gasteiger partial charge is 0.261 e. The van der Waals surface area contributed by atoms with Gasteiger partial charge in [0, 0.05) is 17.3 Å². The molecule has 2 heterocycles. The zero-order valence-corrected chi connectivity index (χ0v) is 13.1. The van der Waals surface area contributed by atoms with Crippen LogP contribution < -0.4 is 14.8 Å². The summed E-state index contributed by atoms with van der Waals surface area (Å²) in [6.45, 7) is 0.855. The molecule has 1 aliphatic carbocycles. The molecule has 0 radical (unpaired) electrons. The molecule has 1 aromatic carbocycles. The Morgan fingerprint density at radius 3 is 2.87 bits per heavy atom. The summed E-state index contributed by atoms with van der Waals surface area (Å²) >= 11 is 1.29. The third kappa shape index (κ3) is 2.53. The Morgan fingerprint density at radius 2 is 2.13 bits per heavy atom. The lowest BCUT2D eigenvalue weighted by Gasteiger charge is -2.16. The molecule has 0 atom stereocenters. The molecule has 0 saturated heterocycles. The summed E-state index contributed by atoms with van der Waals surface area (Å²) in [6.07, 6.45) is 2.08. The van der Waals surface area contributed by atoms with Gasteiger partial charge in [-0.05, 0) is 36.6 Å². The van der Waals surface area contributed by atoms with Crippen molar-refractivity contribution in [3.63, 3.8) is 0 Å². The Hall–Kier alpha value is -2.52. The summed E-state index contributed by atoms with van der Waals surface area (Å²) in [5.74, 6) is 1.43. The van der Waals surface area contributed by atoms with Gasteiger partial charge in [0.15, 0.2) is 11.5 Å². The topological polar surface area (TPSA) is 71.4 Å². The van der Waals surface area contributed by atoms with Crippen molar-refractivity contribution in [3.05, 3.63) is 45.6 Å². The van der Waals surface area contributed by atoms with Crippen LogP contribution in [0.4, 0.5) is 0 Å². The molecule has 1 aromatic heterocycles. The van der Waals surface area contributed by atoms with E-state index in [4.69, 9.17) is 14.7 Å². The van der Waals surface area contributed by atoms with E-state index in [0.717, 1.165) is 24.3 Å². The van der Waals surface area contributed by atoms with Gasteiger partial charge >= 0.3 is 0 Å². The minimum atomic E-state index is -0.122. The van der Waals surface area contributed by atoms with Crippen LogP contribution in [0.1, 0.15) is 33.6 Å². The van der Waals surface area contributed by atoms with Gasteiger partial charge in [0.2, 0.25) is 6.79 Å². The van der Waals surface area contributed by atoms with Gasteiger partial charge in [-0.15, -0.1) is 11.3 Å². The lowest BCUT2D eigenvalue weighted by Crippen LogP contribution is -2.31. The Kier molecular flexibility index (Phi) is 3.24. The molecule has 2 aliphatic rings. The maximum atomic E-state index is 12.2. The van der Waals surface area contributed by atoms with E-state index < -0.39 is 0 Å². The molecule has 116 valence electrons. The molecule has 5 nitrogen and oxygen atoms in total. The fourth-order valence-corrected chi connectivity index (χ4v) is 3.54. The van der Waals surface area contributed by atoms with Crippen LogP contribution in [0.25, 0.3) is 0 Å². The average Bonchev–Trinajstić information content (AvgIpc) is 3.01. The highest BCUT2D eigenvalue weighted by atomic mass is 32.1. The predicted octanol–water partition coefficient (Wildman–Crippen LogP) is 2.81. The molecule has 0 bridgehead atoms. The third-order valence-corrected chi connectivity index (χ3v) is 5.31. The highest BCUT2D eigenvalue weighted by Gasteiger charge is 2.45. The van der Waals surface area contributed by atoms with Crippen molar-refractivity contribution >= 4 is 17.2 Å². The van der Waals surface area contributed by atoms with Crippen molar-refractivity contribution in [2.75, 3.05) is 13.3 Å². The molecule has 6 heteroatoms. The lowest BCUT2D eigenvalue weighted by atomic mass is 9.95. The molecule has 2 aromatic rings. The largest absolute Gasteiger partial charge is 0.454 e. The highest BCUT2D eigenvalue weighted by molar-refractivity contribution is 7.12. The summed E-state index contributed by atoms with van der Waals surface area (Å²) in [7, 11) is 0. The van der Waals surface area contributed by atoms with Gasteiger partial charge in [-0.25, -0.2) is 0 Å². The maximum absolute atomic E-state index is 12.2. The third-order valence-electron chi connectivity index (χ3n) is 4.38. The number of nitrogens with one attached hydrogen (secondary N) is 1. The van der Waals surface area contributed by atoms with Gasteiger partial charge in [0.1, 0.15) is 6.07 Å². The maximum Gasteiger partial charge on any atom is 0.261 e. The zero-order valence-electron chi connectivity index (χ0n) is 12.3. The molecule has 0 spiro atoms. The number of amides is 1. The minimum absolute atomic E-state index is 0.00798. The molecule has 1 fully saturated rings. The van der Waals surface area contributed by atoms with Gasteiger partial charge in [-0.2, -0.15) is 5.26 Å². The van der Waals surface area contributed by atoms with Crippen molar-refractivity contribution in [2.45, 2.75) is 18.3 Å². The predicted molar refractivity (Wildman–Crippen MR) is 84.8 cm³/mol. The number of ether oxygens (including phenoxy) is 2. The van der Waals surface area contributed by atoms with E-state index in [9.17, 15) is 4.79 Å². The van der Waals surface area contributed by atoms with Crippen LogP contribution in [0.5, 0.6) is 11.5 Å². The van der Waals surface area contributed by atoms with E-state index in [2.05, 4.69) is 5.32 Å². The molecule has 1 saturated carbocycles. The number of benzene rings is 1. The van der Waals surface area contributed by atoms with Crippen molar-refractivity contribution < 1.29 is 14.3 Å². The van der Waals surface area contributed by atoms with Gasteiger partial charge < -0.3 is 14.8 Å². The molecule has 0 unspecified atom stereocenters.